The third kappa shape index (κ3) is 4.22. The first kappa shape index (κ1) is 19.8. The zero-order chi connectivity index (χ0) is 19.5. The number of carbonyl (C=O) groups is 1. The number of ether oxygens (including phenoxy) is 1. The summed E-state index contributed by atoms with van der Waals surface area (Å²) in [6, 6.07) is 9.42. The lowest BCUT2D eigenvalue weighted by Crippen LogP contribution is -2.38. The smallest absolute Gasteiger partial charge is 0.223 e. The Bertz CT molecular complexity index is 653. The van der Waals surface area contributed by atoms with E-state index in [-0.39, 0.29) is 0 Å². The highest BCUT2D eigenvalue weighted by Gasteiger charge is 2.50. The van der Waals surface area contributed by atoms with Gasteiger partial charge < -0.3 is 15.0 Å². The summed E-state index contributed by atoms with van der Waals surface area (Å²) >= 11 is 0. The standard InChI is InChI=1S/C24H36N2O2/c1-17-14-23-21(22(17)16-25-19-6-4-3-5-7-19)15-24(27)26(23)13-12-18-8-10-20(28-2)11-9-18/h8-11,17,19,21-23,25H,3-7,12-16H2,1-2H3/t17-,21-,22+,23+/m0/s1. The molecule has 4 nitrogen and oxygen atoms in total. The molecular formula is C24H36N2O2. The number of benzene rings is 1. The fourth-order valence-corrected chi connectivity index (χ4v) is 5.88. The Balaban J connectivity index is 1.32. The van der Waals surface area contributed by atoms with Gasteiger partial charge in [-0.3, -0.25) is 4.79 Å². The summed E-state index contributed by atoms with van der Waals surface area (Å²) in [7, 11) is 1.69. The molecule has 1 heterocycles. The van der Waals surface area contributed by atoms with Gasteiger partial charge in [0, 0.05) is 25.0 Å². The van der Waals surface area contributed by atoms with Crippen molar-refractivity contribution in [3.8, 4) is 5.75 Å². The number of carbonyl (C=O) groups excluding carboxylic acids is 1. The van der Waals surface area contributed by atoms with Gasteiger partial charge in [-0.15, -0.1) is 0 Å². The number of nitrogens with one attached hydrogen (secondary N) is 1. The highest BCUT2D eigenvalue weighted by Crippen LogP contribution is 2.46. The molecule has 2 aliphatic carbocycles. The van der Waals surface area contributed by atoms with E-state index in [2.05, 4.69) is 29.3 Å². The van der Waals surface area contributed by atoms with Gasteiger partial charge in [0.2, 0.25) is 5.91 Å². The van der Waals surface area contributed by atoms with E-state index in [0.29, 0.717) is 35.7 Å². The van der Waals surface area contributed by atoms with Crippen LogP contribution in [0.2, 0.25) is 0 Å². The Morgan fingerprint density at radius 1 is 1.14 bits per heavy atom. The molecule has 4 atom stereocenters. The first-order chi connectivity index (χ1) is 13.7. The SMILES string of the molecule is COc1ccc(CCN2C(=O)C[C@H]3[C@H](CNC4CCCCC4)[C@@H](C)C[C@H]32)cc1. The van der Waals surface area contributed by atoms with Crippen LogP contribution in [0.3, 0.4) is 0 Å². The first-order valence-corrected chi connectivity index (χ1v) is 11.3. The number of rotatable bonds is 7. The van der Waals surface area contributed by atoms with Gasteiger partial charge in [-0.25, -0.2) is 0 Å². The van der Waals surface area contributed by atoms with Crippen molar-refractivity contribution in [3.63, 3.8) is 0 Å². The minimum atomic E-state index is 0.373. The second-order valence-corrected chi connectivity index (χ2v) is 9.24. The molecule has 0 unspecified atom stereocenters. The first-order valence-electron chi connectivity index (χ1n) is 11.3. The molecule has 4 rings (SSSR count). The molecule has 0 aromatic heterocycles. The van der Waals surface area contributed by atoms with Crippen molar-refractivity contribution in [2.75, 3.05) is 20.2 Å². The molecule has 3 fully saturated rings. The van der Waals surface area contributed by atoms with Crippen molar-refractivity contribution in [1.29, 1.82) is 0 Å². The molecule has 28 heavy (non-hydrogen) atoms. The average molecular weight is 385 g/mol. The van der Waals surface area contributed by atoms with Crippen molar-refractivity contribution in [1.82, 2.24) is 10.2 Å². The summed E-state index contributed by atoms with van der Waals surface area (Å²) in [4.78, 5) is 15.0. The Morgan fingerprint density at radius 2 is 1.89 bits per heavy atom. The molecule has 1 amide bonds. The van der Waals surface area contributed by atoms with Crippen LogP contribution in [-0.2, 0) is 11.2 Å². The van der Waals surface area contributed by atoms with Crippen LogP contribution in [0.5, 0.6) is 5.75 Å². The van der Waals surface area contributed by atoms with Crippen molar-refractivity contribution in [2.45, 2.75) is 70.4 Å². The van der Waals surface area contributed by atoms with E-state index in [0.717, 1.165) is 31.7 Å². The fourth-order valence-electron chi connectivity index (χ4n) is 5.88. The van der Waals surface area contributed by atoms with Crippen LogP contribution in [-0.4, -0.2) is 43.1 Å². The molecule has 0 radical (unpaired) electrons. The van der Waals surface area contributed by atoms with Crippen LogP contribution < -0.4 is 10.1 Å². The highest BCUT2D eigenvalue weighted by molar-refractivity contribution is 5.79. The third-order valence-electron chi connectivity index (χ3n) is 7.57. The second-order valence-electron chi connectivity index (χ2n) is 9.24. The Morgan fingerprint density at radius 3 is 2.61 bits per heavy atom. The van der Waals surface area contributed by atoms with Gasteiger partial charge in [0.05, 0.1) is 7.11 Å². The lowest BCUT2D eigenvalue weighted by Gasteiger charge is -2.28. The number of fused-ring (bicyclic) bond motifs is 1. The Labute approximate surface area is 170 Å². The van der Waals surface area contributed by atoms with E-state index >= 15 is 0 Å². The predicted octanol–water partition coefficient (Wildman–Crippen LogP) is 4.03. The van der Waals surface area contributed by atoms with E-state index in [1.807, 2.05) is 12.1 Å². The van der Waals surface area contributed by atoms with Gasteiger partial charge in [-0.1, -0.05) is 38.3 Å². The van der Waals surface area contributed by atoms with Crippen LogP contribution in [0, 0.1) is 17.8 Å². The van der Waals surface area contributed by atoms with Crippen LogP contribution >= 0.6 is 0 Å². The summed E-state index contributed by atoms with van der Waals surface area (Å²) in [5, 5.41) is 3.86. The maximum absolute atomic E-state index is 12.8. The molecule has 1 saturated heterocycles. The molecule has 1 aliphatic heterocycles. The normalized spacial score (nSPS) is 30.6. The predicted molar refractivity (Wildman–Crippen MR) is 112 cm³/mol. The molecular weight excluding hydrogens is 348 g/mol. The van der Waals surface area contributed by atoms with Gasteiger partial charge in [0.15, 0.2) is 0 Å². The number of amides is 1. The van der Waals surface area contributed by atoms with E-state index < -0.39 is 0 Å². The van der Waals surface area contributed by atoms with Crippen LogP contribution in [0.1, 0.15) is 57.4 Å². The molecule has 1 aromatic rings. The largest absolute Gasteiger partial charge is 0.497 e. The van der Waals surface area contributed by atoms with Crippen molar-refractivity contribution in [2.24, 2.45) is 17.8 Å². The molecule has 0 spiro atoms. The third-order valence-corrected chi connectivity index (χ3v) is 7.57. The van der Waals surface area contributed by atoms with Gasteiger partial charge in [0.1, 0.15) is 5.75 Å². The fraction of sp³-hybridized carbons (Fsp3) is 0.708. The van der Waals surface area contributed by atoms with E-state index in [4.69, 9.17) is 4.74 Å². The molecule has 1 N–H and O–H groups in total. The maximum atomic E-state index is 12.8. The monoisotopic (exact) mass is 384 g/mol. The maximum Gasteiger partial charge on any atom is 0.223 e. The van der Waals surface area contributed by atoms with Crippen LogP contribution in [0.4, 0.5) is 0 Å². The van der Waals surface area contributed by atoms with E-state index in [9.17, 15) is 4.79 Å². The van der Waals surface area contributed by atoms with E-state index in [1.165, 1.54) is 44.1 Å². The number of hydrogen-bond donors (Lipinski definition) is 1. The van der Waals surface area contributed by atoms with Crippen LogP contribution in [0.15, 0.2) is 24.3 Å². The van der Waals surface area contributed by atoms with Crippen molar-refractivity contribution < 1.29 is 9.53 Å². The van der Waals surface area contributed by atoms with Gasteiger partial charge >= 0.3 is 0 Å². The molecule has 154 valence electrons. The zero-order valence-electron chi connectivity index (χ0n) is 17.5. The average Bonchev–Trinajstić information content (AvgIpc) is 3.19. The van der Waals surface area contributed by atoms with Gasteiger partial charge in [-0.2, -0.15) is 0 Å². The summed E-state index contributed by atoms with van der Waals surface area (Å²) in [5.74, 6) is 3.18. The van der Waals surface area contributed by atoms with E-state index in [1.54, 1.807) is 7.11 Å². The number of likely N-dealkylation sites (tertiary alicyclic amines) is 1. The molecule has 4 heteroatoms. The molecule has 3 aliphatic rings. The number of methoxy groups -OCH3 is 1. The summed E-state index contributed by atoms with van der Waals surface area (Å²) < 4.78 is 5.24. The summed E-state index contributed by atoms with van der Waals surface area (Å²) in [6.07, 6.45) is 9.69. The minimum absolute atomic E-state index is 0.373. The zero-order valence-corrected chi connectivity index (χ0v) is 17.5. The van der Waals surface area contributed by atoms with Crippen molar-refractivity contribution in [3.05, 3.63) is 29.8 Å². The number of nitrogens with zero attached hydrogens (tertiary/aromatic N) is 1. The summed E-state index contributed by atoms with van der Waals surface area (Å²) in [5.41, 5.74) is 1.28. The number of hydrogen-bond acceptors (Lipinski definition) is 3. The van der Waals surface area contributed by atoms with Gasteiger partial charge in [-0.05, 0) is 67.7 Å². The quantitative estimate of drug-likeness (QED) is 0.772. The molecule has 1 aromatic carbocycles. The highest BCUT2D eigenvalue weighted by atomic mass is 16.5. The molecule has 2 saturated carbocycles. The lowest BCUT2D eigenvalue weighted by atomic mass is 9.87. The van der Waals surface area contributed by atoms with Crippen LogP contribution in [0.25, 0.3) is 0 Å². The Hall–Kier alpha value is -1.55. The lowest BCUT2D eigenvalue weighted by molar-refractivity contribution is -0.129. The van der Waals surface area contributed by atoms with Gasteiger partial charge in [0.25, 0.3) is 0 Å². The summed E-state index contributed by atoms with van der Waals surface area (Å²) in [6.45, 7) is 4.35. The molecule has 0 bridgehead atoms. The van der Waals surface area contributed by atoms with Crippen molar-refractivity contribution >= 4 is 5.91 Å². The topological polar surface area (TPSA) is 41.6 Å². The second kappa shape index (κ2) is 8.86. The Kier molecular flexibility index (Phi) is 6.25. The minimum Gasteiger partial charge on any atom is -0.497 e.